The molecule has 8 nitrogen and oxygen atoms in total. The second-order valence-corrected chi connectivity index (χ2v) is 7.93. The van der Waals surface area contributed by atoms with Crippen LogP contribution in [-0.2, 0) is 14.3 Å². The molecule has 8 heteroatoms. The van der Waals surface area contributed by atoms with Crippen molar-refractivity contribution in [2.75, 3.05) is 53.6 Å². The molecule has 0 aliphatic carbocycles. The van der Waals surface area contributed by atoms with Crippen LogP contribution < -0.4 is 9.47 Å². The highest BCUT2D eigenvalue weighted by molar-refractivity contribution is 6.46. The average Bonchev–Trinajstić information content (AvgIpc) is 3.12. The highest BCUT2D eigenvalue weighted by atomic mass is 16.5. The first-order valence-corrected chi connectivity index (χ1v) is 10.9. The van der Waals surface area contributed by atoms with E-state index >= 15 is 0 Å². The SMILES string of the molecule is COc1ccc([C@H]2/C(=C(\O)c3ccccc3)C(=O)C(=O)N2CCN2CCOCC2)cc1OC. The van der Waals surface area contributed by atoms with Crippen LogP contribution in [0.4, 0.5) is 0 Å². The molecule has 2 heterocycles. The van der Waals surface area contributed by atoms with Gasteiger partial charge in [0.25, 0.3) is 11.7 Å². The average molecular weight is 453 g/mol. The van der Waals surface area contributed by atoms with Crippen molar-refractivity contribution in [1.29, 1.82) is 0 Å². The minimum atomic E-state index is -0.744. The van der Waals surface area contributed by atoms with E-state index in [2.05, 4.69) is 4.90 Å². The Morgan fingerprint density at radius 2 is 1.70 bits per heavy atom. The van der Waals surface area contributed by atoms with Crippen LogP contribution in [0.1, 0.15) is 17.2 Å². The van der Waals surface area contributed by atoms with Gasteiger partial charge in [-0.25, -0.2) is 0 Å². The van der Waals surface area contributed by atoms with Gasteiger partial charge in [0.1, 0.15) is 5.76 Å². The van der Waals surface area contributed by atoms with Gasteiger partial charge in [-0.2, -0.15) is 0 Å². The molecule has 0 unspecified atom stereocenters. The van der Waals surface area contributed by atoms with Gasteiger partial charge in [-0.15, -0.1) is 0 Å². The fraction of sp³-hybridized carbons (Fsp3) is 0.360. The molecular formula is C25H28N2O6. The van der Waals surface area contributed by atoms with E-state index in [9.17, 15) is 14.7 Å². The number of hydrogen-bond acceptors (Lipinski definition) is 7. The number of methoxy groups -OCH3 is 2. The van der Waals surface area contributed by atoms with Gasteiger partial charge in [0, 0.05) is 31.7 Å². The monoisotopic (exact) mass is 452 g/mol. The first-order chi connectivity index (χ1) is 16.0. The molecule has 2 aromatic rings. The van der Waals surface area contributed by atoms with E-state index in [-0.39, 0.29) is 11.3 Å². The Morgan fingerprint density at radius 3 is 2.36 bits per heavy atom. The fourth-order valence-corrected chi connectivity index (χ4v) is 4.31. The minimum Gasteiger partial charge on any atom is -0.507 e. The third kappa shape index (κ3) is 4.58. The zero-order valence-corrected chi connectivity index (χ0v) is 18.8. The molecule has 4 rings (SSSR count). The summed E-state index contributed by atoms with van der Waals surface area (Å²) >= 11 is 0. The van der Waals surface area contributed by atoms with Gasteiger partial charge in [0.2, 0.25) is 0 Å². The van der Waals surface area contributed by atoms with Crippen LogP contribution in [0.25, 0.3) is 5.76 Å². The van der Waals surface area contributed by atoms with E-state index in [4.69, 9.17) is 14.2 Å². The van der Waals surface area contributed by atoms with E-state index < -0.39 is 17.7 Å². The maximum atomic E-state index is 13.1. The van der Waals surface area contributed by atoms with Crippen molar-refractivity contribution in [2.24, 2.45) is 0 Å². The highest BCUT2D eigenvalue weighted by Gasteiger charge is 2.46. The number of aliphatic hydroxyl groups is 1. The van der Waals surface area contributed by atoms with Gasteiger partial charge < -0.3 is 24.2 Å². The number of nitrogens with zero attached hydrogens (tertiary/aromatic N) is 2. The van der Waals surface area contributed by atoms with Crippen molar-refractivity contribution < 1.29 is 28.9 Å². The molecule has 1 amide bonds. The van der Waals surface area contributed by atoms with Crippen LogP contribution >= 0.6 is 0 Å². The molecule has 33 heavy (non-hydrogen) atoms. The first kappa shape index (κ1) is 22.8. The number of hydrogen-bond donors (Lipinski definition) is 1. The second-order valence-electron chi connectivity index (χ2n) is 7.93. The van der Waals surface area contributed by atoms with Crippen molar-refractivity contribution in [3.05, 3.63) is 65.2 Å². The lowest BCUT2D eigenvalue weighted by Gasteiger charge is -2.31. The summed E-state index contributed by atoms with van der Waals surface area (Å²) in [4.78, 5) is 30.0. The van der Waals surface area contributed by atoms with Gasteiger partial charge in [-0.05, 0) is 17.7 Å². The van der Waals surface area contributed by atoms with E-state index in [1.807, 2.05) is 6.07 Å². The van der Waals surface area contributed by atoms with Crippen LogP contribution in [0.15, 0.2) is 54.1 Å². The molecule has 1 atom stereocenters. The van der Waals surface area contributed by atoms with Crippen molar-refractivity contribution in [2.45, 2.75) is 6.04 Å². The fourth-order valence-electron chi connectivity index (χ4n) is 4.31. The summed E-state index contributed by atoms with van der Waals surface area (Å²) in [5, 5.41) is 11.1. The van der Waals surface area contributed by atoms with E-state index in [0.717, 1.165) is 13.1 Å². The lowest BCUT2D eigenvalue weighted by Crippen LogP contribution is -2.42. The van der Waals surface area contributed by atoms with Crippen LogP contribution in [0, 0.1) is 0 Å². The predicted octanol–water partition coefficient (Wildman–Crippen LogP) is 2.46. The molecule has 2 saturated heterocycles. The molecule has 0 radical (unpaired) electrons. The number of carbonyl (C=O) groups is 2. The van der Waals surface area contributed by atoms with Crippen molar-refractivity contribution in [1.82, 2.24) is 9.80 Å². The molecular weight excluding hydrogens is 424 g/mol. The number of carbonyl (C=O) groups excluding carboxylic acids is 2. The van der Waals surface area contributed by atoms with E-state index in [1.54, 1.807) is 49.6 Å². The molecule has 0 bridgehead atoms. The van der Waals surface area contributed by atoms with E-state index in [1.165, 1.54) is 12.0 Å². The Hall–Kier alpha value is -3.36. The van der Waals surface area contributed by atoms with Crippen LogP contribution in [-0.4, -0.2) is 80.2 Å². The standard InChI is InChI=1S/C25H28N2O6/c1-31-19-9-8-18(16-20(19)32-2)22-21(23(28)17-6-4-3-5-7-17)24(29)25(30)27(22)11-10-26-12-14-33-15-13-26/h3-9,16,22,28H,10-15H2,1-2H3/b23-21+/t22-/m0/s1. The third-order valence-electron chi connectivity index (χ3n) is 6.07. The van der Waals surface area contributed by atoms with Crippen LogP contribution in [0.2, 0.25) is 0 Å². The quantitative estimate of drug-likeness (QED) is 0.392. The lowest BCUT2D eigenvalue weighted by molar-refractivity contribution is -0.140. The second kappa shape index (κ2) is 10.1. The summed E-state index contributed by atoms with van der Waals surface area (Å²) < 4.78 is 16.2. The maximum absolute atomic E-state index is 13.1. The van der Waals surface area contributed by atoms with Gasteiger partial charge in [0.05, 0.1) is 39.0 Å². The molecule has 2 fully saturated rings. The number of ether oxygens (including phenoxy) is 3. The van der Waals surface area contributed by atoms with Gasteiger partial charge in [-0.3, -0.25) is 14.5 Å². The Labute approximate surface area is 193 Å². The molecule has 0 spiro atoms. The Morgan fingerprint density at radius 1 is 1.00 bits per heavy atom. The summed E-state index contributed by atoms with van der Waals surface area (Å²) in [5.74, 6) is -0.496. The third-order valence-corrected chi connectivity index (χ3v) is 6.07. The summed E-state index contributed by atoms with van der Waals surface area (Å²) in [6, 6.07) is 13.3. The topological polar surface area (TPSA) is 88.5 Å². The summed E-state index contributed by atoms with van der Waals surface area (Å²) in [6.45, 7) is 3.78. The number of benzene rings is 2. The number of Topliss-reactive ketones (excluding diaryl/α,β-unsaturated/α-hetero) is 1. The van der Waals surface area contributed by atoms with Crippen molar-refractivity contribution in [3.8, 4) is 11.5 Å². The van der Waals surface area contributed by atoms with Crippen LogP contribution in [0.5, 0.6) is 11.5 Å². The smallest absolute Gasteiger partial charge is 0.295 e. The van der Waals surface area contributed by atoms with Gasteiger partial charge in [0.15, 0.2) is 11.5 Å². The Bertz CT molecular complexity index is 1050. The highest BCUT2D eigenvalue weighted by Crippen LogP contribution is 2.41. The van der Waals surface area contributed by atoms with Gasteiger partial charge in [-0.1, -0.05) is 36.4 Å². The Kier molecular flexibility index (Phi) is 6.96. The Balaban J connectivity index is 1.77. The number of amides is 1. The van der Waals surface area contributed by atoms with E-state index in [0.29, 0.717) is 48.9 Å². The van der Waals surface area contributed by atoms with Crippen molar-refractivity contribution >= 4 is 17.4 Å². The maximum Gasteiger partial charge on any atom is 0.295 e. The minimum absolute atomic E-state index is 0.0698. The van der Waals surface area contributed by atoms with Crippen molar-refractivity contribution in [3.63, 3.8) is 0 Å². The number of likely N-dealkylation sites (tertiary alicyclic amines) is 1. The number of morpholine rings is 1. The number of rotatable bonds is 7. The molecule has 174 valence electrons. The number of aliphatic hydroxyl groups excluding tert-OH is 1. The normalized spacial score (nSPS) is 20.8. The molecule has 0 aromatic heterocycles. The zero-order valence-electron chi connectivity index (χ0n) is 18.8. The summed E-state index contributed by atoms with van der Waals surface area (Å²) in [6.07, 6.45) is 0. The molecule has 0 saturated carbocycles. The first-order valence-electron chi connectivity index (χ1n) is 10.9. The van der Waals surface area contributed by atoms with Crippen LogP contribution in [0.3, 0.4) is 0 Å². The molecule has 1 N–H and O–H groups in total. The zero-order chi connectivity index (χ0) is 23.4. The largest absolute Gasteiger partial charge is 0.507 e. The molecule has 2 aliphatic heterocycles. The number of ketones is 1. The summed E-state index contributed by atoms with van der Waals surface area (Å²) in [7, 11) is 3.07. The molecule has 2 aliphatic rings. The molecule has 2 aromatic carbocycles. The summed E-state index contributed by atoms with van der Waals surface area (Å²) in [5.41, 5.74) is 1.21. The lowest BCUT2D eigenvalue weighted by atomic mass is 9.95. The van der Waals surface area contributed by atoms with Gasteiger partial charge >= 0.3 is 0 Å². The predicted molar refractivity (Wildman–Crippen MR) is 122 cm³/mol.